The fourth-order valence-electron chi connectivity index (χ4n) is 1.97. The number of nitrogens with two attached hydrogens (primary N) is 1. The summed E-state index contributed by atoms with van der Waals surface area (Å²) in [6, 6.07) is 14.4. The Hall–Kier alpha value is -2.07. The summed E-state index contributed by atoms with van der Waals surface area (Å²) in [4.78, 5) is 6.58. The van der Waals surface area contributed by atoms with Gasteiger partial charge in [-0.25, -0.2) is 10.8 Å². The summed E-state index contributed by atoms with van der Waals surface area (Å²) in [6.45, 7) is 2.91. The van der Waals surface area contributed by atoms with Crippen molar-refractivity contribution in [3.63, 3.8) is 0 Å². The molecule has 2 rings (SSSR count). The van der Waals surface area contributed by atoms with Crippen molar-refractivity contribution < 1.29 is 0 Å². The van der Waals surface area contributed by atoms with Crippen LogP contribution >= 0.6 is 0 Å². The summed E-state index contributed by atoms with van der Waals surface area (Å²) >= 11 is 0. The summed E-state index contributed by atoms with van der Waals surface area (Å²) in [7, 11) is 2.06. The van der Waals surface area contributed by atoms with Crippen LogP contribution in [0.2, 0.25) is 0 Å². The molecule has 3 N–H and O–H groups in total. The summed E-state index contributed by atoms with van der Waals surface area (Å²) in [5.74, 6) is 6.05. The number of anilines is 2. The van der Waals surface area contributed by atoms with Crippen LogP contribution < -0.4 is 16.2 Å². The lowest BCUT2D eigenvalue weighted by Gasteiger charge is -2.19. The van der Waals surface area contributed by atoms with E-state index >= 15 is 0 Å². The minimum absolute atomic E-state index is 0.687. The zero-order valence-corrected chi connectivity index (χ0v) is 11.4. The number of hydrogen-bond acceptors (Lipinski definition) is 4. The fraction of sp³-hybridized carbons (Fsp3) is 0.267. The summed E-state index contributed by atoms with van der Waals surface area (Å²) < 4.78 is 0. The molecule has 2 aromatic rings. The van der Waals surface area contributed by atoms with Crippen molar-refractivity contribution in [2.24, 2.45) is 5.84 Å². The zero-order chi connectivity index (χ0) is 13.7. The first kappa shape index (κ1) is 13.4. The first-order valence-electron chi connectivity index (χ1n) is 6.45. The lowest BCUT2D eigenvalue weighted by molar-refractivity contribution is 0.884. The fourth-order valence-corrected chi connectivity index (χ4v) is 1.97. The van der Waals surface area contributed by atoms with Gasteiger partial charge in [0, 0.05) is 12.7 Å². The van der Waals surface area contributed by atoms with E-state index in [1.54, 1.807) is 0 Å². The van der Waals surface area contributed by atoms with Gasteiger partial charge in [0.25, 0.3) is 0 Å². The van der Waals surface area contributed by atoms with E-state index in [0.29, 0.717) is 5.82 Å². The standard InChI is InChI=1S/C15H20N4/c1-3-12-7-9-14(10-8-12)19(2)11-13-5-4-6-15(17-13)18-16/h4-10H,3,11,16H2,1-2H3,(H,17,18). The van der Waals surface area contributed by atoms with Crippen LogP contribution in [0.3, 0.4) is 0 Å². The maximum absolute atomic E-state index is 5.37. The van der Waals surface area contributed by atoms with Crippen molar-refractivity contribution >= 4 is 11.5 Å². The molecule has 0 saturated heterocycles. The number of hydrazine groups is 1. The van der Waals surface area contributed by atoms with Gasteiger partial charge in [-0.3, -0.25) is 0 Å². The van der Waals surface area contributed by atoms with Gasteiger partial charge >= 0.3 is 0 Å². The molecule has 100 valence electrons. The third-order valence-corrected chi connectivity index (χ3v) is 3.14. The number of pyridine rings is 1. The maximum atomic E-state index is 5.37. The van der Waals surface area contributed by atoms with Gasteiger partial charge in [0.15, 0.2) is 0 Å². The van der Waals surface area contributed by atoms with Gasteiger partial charge in [0.2, 0.25) is 0 Å². The monoisotopic (exact) mass is 256 g/mol. The lowest BCUT2D eigenvalue weighted by atomic mass is 10.1. The third kappa shape index (κ3) is 3.45. The molecule has 0 atom stereocenters. The summed E-state index contributed by atoms with van der Waals surface area (Å²) in [5, 5.41) is 0. The van der Waals surface area contributed by atoms with E-state index < -0.39 is 0 Å². The van der Waals surface area contributed by atoms with Crippen LogP contribution in [0.1, 0.15) is 18.2 Å². The molecule has 0 aliphatic heterocycles. The van der Waals surface area contributed by atoms with Gasteiger partial charge in [-0.2, -0.15) is 0 Å². The van der Waals surface area contributed by atoms with Crippen LogP contribution in [0, 0.1) is 0 Å². The number of rotatable bonds is 5. The molecule has 0 aliphatic rings. The molecule has 0 radical (unpaired) electrons. The second kappa shape index (κ2) is 6.20. The van der Waals surface area contributed by atoms with E-state index in [1.807, 2.05) is 18.2 Å². The Morgan fingerprint density at radius 1 is 1.16 bits per heavy atom. The number of aromatic nitrogens is 1. The number of aryl methyl sites for hydroxylation is 1. The average molecular weight is 256 g/mol. The molecule has 1 aromatic carbocycles. The van der Waals surface area contributed by atoms with Crippen LogP contribution in [-0.2, 0) is 13.0 Å². The minimum atomic E-state index is 0.687. The third-order valence-electron chi connectivity index (χ3n) is 3.14. The Labute approximate surface area is 114 Å². The quantitative estimate of drug-likeness (QED) is 0.637. The van der Waals surface area contributed by atoms with Gasteiger partial charge in [0.1, 0.15) is 5.82 Å². The molecule has 0 spiro atoms. The van der Waals surface area contributed by atoms with Gasteiger partial charge < -0.3 is 10.3 Å². The van der Waals surface area contributed by atoms with E-state index in [0.717, 1.165) is 18.7 Å². The molecule has 0 unspecified atom stereocenters. The largest absolute Gasteiger partial charge is 0.369 e. The van der Waals surface area contributed by atoms with Crippen LogP contribution in [-0.4, -0.2) is 12.0 Å². The maximum Gasteiger partial charge on any atom is 0.140 e. The van der Waals surface area contributed by atoms with Crippen molar-refractivity contribution in [2.75, 3.05) is 17.4 Å². The van der Waals surface area contributed by atoms with Crippen LogP contribution in [0.25, 0.3) is 0 Å². The smallest absolute Gasteiger partial charge is 0.140 e. The van der Waals surface area contributed by atoms with Crippen LogP contribution in [0.15, 0.2) is 42.5 Å². The zero-order valence-electron chi connectivity index (χ0n) is 11.4. The molecule has 4 nitrogen and oxygen atoms in total. The van der Waals surface area contributed by atoms with Gasteiger partial charge in [-0.15, -0.1) is 0 Å². The number of nitrogen functional groups attached to an aromatic ring is 1. The second-order valence-corrected chi connectivity index (χ2v) is 4.53. The first-order chi connectivity index (χ1) is 9.22. The van der Waals surface area contributed by atoms with Crippen molar-refractivity contribution in [3.05, 3.63) is 53.7 Å². The van der Waals surface area contributed by atoms with Crippen LogP contribution in [0.5, 0.6) is 0 Å². The van der Waals surface area contributed by atoms with Crippen molar-refractivity contribution in [3.8, 4) is 0 Å². The van der Waals surface area contributed by atoms with E-state index in [9.17, 15) is 0 Å². The highest BCUT2D eigenvalue weighted by molar-refractivity contribution is 5.47. The SMILES string of the molecule is CCc1ccc(N(C)Cc2cccc(NN)n2)cc1. The predicted molar refractivity (Wildman–Crippen MR) is 80.0 cm³/mol. The number of nitrogens with zero attached hydrogens (tertiary/aromatic N) is 2. The number of benzene rings is 1. The second-order valence-electron chi connectivity index (χ2n) is 4.53. The Kier molecular flexibility index (Phi) is 4.36. The molecule has 1 heterocycles. The Morgan fingerprint density at radius 3 is 2.53 bits per heavy atom. The Balaban J connectivity index is 2.08. The average Bonchev–Trinajstić information content (AvgIpc) is 2.47. The van der Waals surface area contributed by atoms with Gasteiger partial charge in [0.05, 0.1) is 12.2 Å². The highest BCUT2D eigenvalue weighted by atomic mass is 15.2. The minimum Gasteiger partial charge on any atom is -0.369 e. The molecule has 4 heteroatoms. The number of hydrogen-bond donors (Lipinski definition) is 2. The molecule has 0 amide bonds. The van der Waals surface area contributed by atoms with Crippen molar-refractivity contribution in [1.29, 1.82) is 0 Å². The molecule has 1 aromatic heterocycles. The molecule has 0 saturated carbocycles. The summed E-state index contributed by atoms with van der Waals surface area (Å²) in [6.07, 6.45) is 1.07. The summed E-state index contributed by atoms with van der Waals surface area (Å²) in [5.41, 5.74) is 6.09. The molecule has 0 aliphatic carbocycles. The normalized spacial score (nSPS) is 10.3. The van der Waals surface area contributed by atoms with E-state index in [4.69, 9.17) is 5.84 Å². The topological polar surface area (TPSA) is 54.2 Å². The van der Waals surface area contributed by atoms with Crippen LogP contribution in [0.4, 0.5) is 11.5 Å². The molecule has 0 fully saturated rings. The molecular weight excluding hydrogens is 236 g/mol. The lowest BCUT2D eigenvalue weighted by Crippen LogP contribution is -2.18. The molecule has 0 bridgehead atoms. The Morgan fingerprint density at radius 2 is 1.89 bits per heavy atom. The Bertz CT molecular complexity index is 522. The van der Waals surface area contributed by atoms with E-state index in [2.05, 4.69) is 53.5 Å². The van der Waals surface area contributed by atoms with E-state index in [1.165, 1.54) is 11.3 Å². The van der Waals surface area contributed by atoms with Crippen molar-refractivity contribution in [2.45, 2.75) is 19.9 Å². The number of nitrogens with one attached hydrogen (secondary N) is 1. The first-order valence-corrected chi connectivity index (χ1v) is 6.45. The predicted octanol–water partition coefficient (Wildman–Crippen LogP) is 2.57. The highest BCUT2D eigenvalue weighted by Crippen LogP contribution is 2.16. The van der Waals surface area contributed by atoms with Gasteiger partial charge in [-0.05, 0) is 36.2 Å². The van der Waals surface area contributed by atoms with E-state index in [-0.39, 0.29) is 0 Å². The van der Waals surface area contributed by atoms with Crippen molar-refractivity contribution in [1.82, 2.24) is 4.98 Å². The molecular formula is C15H20N4. The highest BCUT2D eigenvalue weighted by Gasteiger charge is 2.04. The van der Waals surface area contributed by atoms with Gasteiger partial charge in [-0.1, -0.05) is 25.1 Å². The molecule has 19 heavy (non-hydrogen) atoms.